The summed E-state index contributed by atoms with van der Waals surface area (Å²) in [5.74, 6) is -0.520. The van der Waals surface area contributed by atoms with Crippen molar-refractivity contribution in [1.29, 1.82) is 0 Å². The zero-order valence-electron chi connectivity index (χ0n) is 15.6. The fourth-order valence-corrected chi connectivity index (χ4v) is 3.60. The first-order valence-corrected chi connectivity index (χ1v) is 9.42. The highest BCUT2D eigenvalue weighted by Crippen LogP contribution is 2.24. The maximum atomic E-state index is 13.8. The van der Waals surface area contributed by atoms with Gasteiger partial charge in [0.1, 0.15) is 5.82 Å². The number of benzene rings is 2. The summed E-state index contributed by atoms with van der Waals surface area (Å²) < 4.78 is 18.8. The molecule has 0 spiro atoms. The molecule has 1 saturated heterocycles. The third-order valence-corrected chi connectivity index (χ3v) is 5.37. The molecule has 1 aromatic heterocycles. The highest BCUT2D eigenvalue weighted by atomic mass is 19.1. The molecule has 1 fully saturated rings. The van der Waals surface area contributed by atoms with Crippen molar-refractivity contribution in [1.82, 2.24) is 10.3 Å². The van der Waals surface area contributed by atoms with Gasteiger partial charge in [-0.15, -0.1) is 0 Å². The Morgan fingerprint density at radius 1 is 1.25 bits per heavy atom. The first kappa shape index (κ1) is 18.3. The highest BCUT2D eigenvalue weighted by Gasteiger charge is 2.21. The van der Waals surface area contributed by atoms with Crippen LogP contribution in [0.15, 0.2) is 45.6 Å². The SMILES string of the molecule is Cc1ccc(N2CCC(CNC(=O)c3ccc4[nH]c(=O)oc4c3)CC2)cc1F. The number of rotatable bonds is 4. The van der Waals surface area contributed by atoms with Crippen LogP contribution in [0.2, 0.25) is 0 Å². The van der Waals surface area contributed by atoms with Crippen molar-refractivity contribution >= 4 is 22.7 Å². The number of anilines is 1. The van der Waals surface area contributed by atoms with E-state index in [9.17, 15) is 14.0 Å². The molecule has 1 amide bonds. The number of fused-ring (bicyclic) bond motifs is 1. The molecule has 28 heavy (non-hydrogen) atoms. The first-order chi connectivity index (χ1) is 13.5. The van der Waals surface area contributed by atoms with Gasteiger partial charge in [0.2, 0.25) is 0 Å². The molecule has 1 aliphatic heterocycles. The van der Waals surface area contributed by atoms with E-state index in [4.69, 9.17) is 4.42 Å². The molecule has 146 valence electrons. The van der Waals surface area contributed by atoms with Crippen LogP contribution in [0.5, 0.6) is 0 Å². The summed E-state index contributed by atoms with van der Waals surface area (Å²) in [6, 6.07) is 10.2. The molecule has 2 heterocycles. The number of oxazole rings is 1. The molecule has 0 aliphatic carbocycles. The van der Waals surface area contributed by atoms with Gasteiger partial charge in [0.05, 0.1) is 5.52 Å². The van der Waals surface area contributed by atoms with Gasteiger partial charge in [-0.3, -0.25) is 9.78 Å². The predicted octanol–water partition coefficient (Wildman–Crippen LogP) is 3.22. The lowest BCUT2D eigenvalue weighted by Crippen LogP contribution is -2.38. The number of hydrogen-bond donors (Lipinski definition) is 2. The molecule has 2 aromatic carbocycles. The minimum Gasteiger partial charge on any atom is -0.408 e. The lowest BCUT2D eigenvalue weighted by atomic mass is 9.96. The second-order valence-electron chi connectivity index (χ2n) is 7.30. The highest BCUT2D eigenvalue weighted by molar-refractivity contribution is 5.96. The van der Waals surface area contributed by atoms with Crippen molar-refractivity contribution in [2.45, 2.75) is 19.8 Å². The number of hydrogen-bond acceptors (Lipinski definition) is 4. The number of halogens is 1. The van der Waals surface area contributed by atoms with E-state index in [1.807, 2.05) is 6.07 Å². The number of aromatic amines is 1. The van der Waals surface area contributed by atoms with Gasteiger partial charge in [-0.1, -0.05) is 6.07 Å². The third-order valence-electron chi connectivity index (χ3n) is 5.37. The Kier molecular flexibility index (Phi) is 4.90. The number of aromatic nitrogens is 1. The number of H-pyrrole nitrogens is 1. The van der Waals surface area contributed by atoms with Crippen LogP contribution in [0.4, 0.5) is 10.1 Å². The van der Waals surface area contributed by atoms with Gasteiger partial charge in [-0.05, 0) is 61.6 Å². The van der Waals surface area contributed by atoms with Gasteiger partial charge in [-0.25, -0.2) is 9.18 Å². The molecule has 7 heteroatoms. The Morgan fingerprint density at radius 2 is 2.04 bits per heavy atom. The zero-order chi connectivity index (χ0) is 19.7. The lowest BCUT2D eigenvalue weighted by molar-refractivity contribution is 0.0945. The number of piperidine rings is 1. The number of carbonyl (C=O) groups excluding carboxylic acids is 1. The number of nitrogens with zero attached hydrogens (tertiary/aromatic N) is 1. The monoisotopic (exact) mass is 383 g/mol. The van der Waals surface area contributed by atoms with Gasteiger partial charge in [-0.2, -0.15) is 0 Å². The third kappa shape index (κ3) is 3.78. The Morgan fingerprint density at radius 3 is 2.79 bits per heavy atom. The van der Waals surface area contributed by atoms with Gasteiger partial charge in [0.25, 0.3) is 5.91 Å². The fourth-order valence-electron chi connectivity index (χ4n) is 3.60. The number of amides is 1. The van der Waals surface area contributed by atoms with E-state index in [0.29, 0.717) is 34.7 Å². The van der Waals surface area contributed by atoms with Gasteiger partial charge in [0, 0.05) is 30.9 Å². The Bertz CT molecular complexity index is 1060. The standard InChI is InChI=1S/C21H22FN3O3/c1-13-2-4-16(11-17(13)22)25-8-6-14(7-9-25)12-23-20(26)15-3-5-18-19(10-15)28-21(27)24-18/h2-5,10-11,14H,6-9,12H2,1H3,(H,23,26)(H,24,27). The molecule has 0 saturated carbocycles. The molecule has 0 bridgehead atoms. The smallest absolute Gasteiger partial charge is 0.408 e. The second kappa shape index (κ2) is 7.50. The molecular weight excluding hydrogens is 361 g/mol. The van der Waals surface area contributed by atoms with Crippen molar-refractivity contribution in [2.24, 2.45) is 5.92 Å². The van der Waals surface area contributed by atoms with Crippen LogP contribution in [0.3, 0.4) is 0 Å². The maximum absolute atomic E-state index is 13.8. The second-order valence-corrected chi connectivity index (χ2v) is 7.30. The van der Waals surface area contributed by atoms with Gasteiger partial charge >= 0.3 is 5.76 Å². The van der Waals surface area contributed by atoms with Crippen LogP contribution >= 0.6 is 0 Å². The topological polar surface area (TPSA) is 78.3 Å². The minimum atomic E-state index is -0.534. The van der Waals surface area contributed by atoms with Crippen molar-refractivity contribution in [3.05, 3.63) is 63.9 Å². The van der Waals surface area contributed by atoms with Crippen LogP contribution < -0.4 is 16.0 Å². The van der Waals surface area contributed by atoms with Gasteiger partial charge in [0.15, 0.2) is 5.58 Å². The van der Waals surface area contributed by atoms with E-state index >= 15 is 0 Å². The summed E-state index contributed by atoms with van der Waals surface area (Å²) in [5, 5.41) is 2.96. The van der Waals surface area contributed by atoms with Crippen LogP contribution in [-0.2, 0) is 0 Å². The summed E-state index contributed by atoms with van der Waals surface area (Å²) in [4.78, 5) is 28.4. The quantitative estimate of drug-likeness (QED) is 0.725. The predicted molar refractivity (Wildman–Crippen MR) is 105 cm³/mol. The van der Waals surface area contributed by atoms with Crippen molar-refractivity contribution in [3.8, 4) is 0 Å². The largest absolute Gasteiger partial charge is 0.417 e. The average Bonchev–Trinajstić information content (AvgIpc) is 3.08. The van der Waals surface area contributed by atoms with Crippen LogP contribution in [0.25, 0.3) is 11.1 Å². The van der Waals surface area contributed by atoms with Crippen LogP contribution in [-0.4, -0.2) is 30.5 Å². The van der Waals surface area contributed by atoms with Crippen molar-refractivity contribution < 1.29 is 13.6 Å². The van der Waals surface area contributed by atoms with Crippen molar-refractivity contribution in [2.75, 3.05) is 24.5 Å². The maximum Gasteiger partial charge on any atom is 0.417 e. The molecule has 3 aromatic rings. The minimum absolute atomic E-state index is 0.179. The van der Waals surface area contributed by atoms with E-state index in [1.54, 1.807) is 37.3 Å². The van der Waals surface area contributed by atoms with E-state index in [0.717, 1.165) is 31.6 Å². The summed E-state index contributed by atoms with van der Waals surface area (Å²) in [5.41, 5.74) is 2.96. The van der Waals surface area contributed by atoms with E-state index in [1.165, 1.54) is 0 Å². The van der Waals surface area contributed by atoms with E-state index in [-0.39, 0.29) is 11.7 Å². The Hall–Kier alpha value is -3.09. The van der Waals surface area contributed by atoms with E-state index < -0.39 is 5.76 Å². The zero-order valence-corrected chi connectivity index (χ0v) is 15.6. The summed E-state index contributed by atoms with van der Waals surface area (Å²) in [7, 11) is 0. The molecule has 6 nitrogen and oxygen atoms in total. The molecule has 0 unspecified atom stereocenters. The van der Waals surface area contributed by atoms with Crippen LogP contribution in [0, 0.1) is 18.7 Å². The molecule has 0 atom stereocenters. The number of aryl methyl sites for hydroxylation is 1. The Balaban J connectivity index is 1.31. The molecular formula is C21H22FN3O3. The summed E-state index contributed by atoms with van der Waals surface area (Å²) in [6.45, 7) is 4.02. The van der Waals surface area contributed by atoms with Crippen LogP contribution in [0.1, 0.15) is 28.8 Å². The first-order valence-electron chi connectivity index (χ1n) is 9.42. The normalized spacial score (nSPS) is 15.1. The molecule has 2 N–H and O–H groups in total. The molecule has 4 rings (SSSR count). The Labute approximate surface area is 161 Å². The summed E-state index contributed by atoms with van der Waals surface area (Å²) in [6.07, 6.45) is 1.86. The molecule has 0 radical (unpaired) electrons. The number of nitrogens with one attached hydrogen (secondary N) is 2. The average molecular weight is 383 g/mol. The van der Waals surface area contributed by atoms with E-state index in [2.05, 4.69) is 15.2 Å². The summed E-state index contributed by atoms with van der Waals surface area (Å²) >= 11 is 0. The molecule has 1 aliphatic rings. The fraction of sp³-hybridized carbons (Fsp3) is 0.333. The van der Waals surface area contributed by atoms with Gasteiger partial charge < -0.3 is 14.6 Å². The van der Waals surface area contributed by atoms with Crippen molar-refractivity contribution in [3.63, 3.8) is 0 Å². The number of carbonyl (C=O) groups is 1. The lowest BCUT2D eigenvalue weighted by Gasteiger charge is -2.33.